The molecule has 0 unspecified atom stereocenters. The molecule has 1 saturated carbocycles. The normalized spacial score (nSPS) is 23.7. The summed E-state index contributed by atoms with van der Waals surface area (Å²) < 4.78 is 13.4. The molecular weight excluding hydrogens is 195 g/mol. The van der Waals surface area contributed by atoms with Gasteiger partial charge < -0.3 is 5.11 Å². The van der Waals surface area contributed by atoms with Gasteiger partial charge in [0.05, 0.1) is 0 Å². The lowest BCUT2D eigenvalue weighted by atomic mass is 9.63. The van der Waals surface area contributed by atoms with Crippen LogP contribution in [-0.4, -0.2) is 11.1 Å². The maximum Gasteiger partial charge on any atom is 0.364 e. The largest absolute Gasteiger partial charge is 0.476 e. The van der Waals surface area contributed by atoms with Crippen LogP contribution in [0.5, 0.6) is 0 Å². The summed E-state index contributed by atoms with van der Waals surface area (Å²) in [5.74, 6) is -2.38. The number of carboxylic acids is 1. The van der Waals surface area contributed by atoms with Gasteiger partial charge in [-0.05, 0) is 35.7 Å². The zero-order valence-corrected chi connectivity index (χ0v) is 9.85. The molecule has 0 aliphatic heterocycles. The van der Waals surface area contributed by atoms with Crippen molar-refractivity contribution in [2.75, 3.05) is 0 Å². The number of rotatable bonds is 1. The summed E-state index contributed by atoms with van der Waals surface area (Å²) in [6, 6.07) is 0. The molecule has 0 aromatic rings. The average Bonchev–Trinajstić information content (AvgIpc) is 1.96. The number of allylic oxidation sites excluding steroid dienone is 1. The van der Waals surface area contributed by atoms with Crippen molar-refractivity contribution in [2.45, 2.75) is 47.0 Å². The van der Waals surface area contributed by atoms with E-state index in [4.69, 9.17) is 5.11 Å². The van der Waals surface area contributed by atoms with E-state index >= 15 is 0 Å². The first-order valence-corrected chi connectivity index (χ1v) is 5.24. The van der Waals surface area contributed by atoms with E-state index in [2.05, 4.69) is 27.7 Å². The molecule has 0 heterocycles. The Kier molecular flexibility index (Phi) is 2.94. The van der Waals surface area contributed by atoms with Crippen molar-refractivity contribution in [2.24, 2.45) is 10.8 Å². The molecule has 3 heteroatoms. The summed E-state index contributed by atoms with van der Waals surface area (Å²) in [4.78, 5) is 10.6. The molecule has 1 N–H and O–H groups in total. The molecule has 0 amide bonds. The first-order valence-electron chi connectivity index (χ1n) is 5.24. The number of carboxylic acid groups (broad SMARTS) is 1. The minimum atomic E-state index is -1.43. The molecular formula is C12H19FO2. The number of aliphatic carboxylic acids is 1. The van der Waals surface area contributed by atoms with Crippen LogP contribution in [0.15, 0.2) is 11.4 Å². The van der Waals surface area contributed by atoms with Crippen LogP contribution in [0.3, 0.4) is 0 Å². The van der Waals surface area contributed by atoms with E-state index in [0.29, 0.717) is 18.4 Å². The van der Waals surface area contributed by atoms with E-state index in [9.17, 15) is 9.18 Å². The molecule has 0 aromatic carbocycles. The van der Waals surface area contributed by atoms with Crippen LogP contribution in [0, 0.1) is 10.8 Å². The summed E-state index contributed by atoms with van der Waals surface area (Å²) in [6.45, 7) is 8.23. The van der Waals surface area contributed by atoms with Gasteiger partial charge in [-0.3, -0.25) is 0 Å². The number of hydrogen-bond acceptors (Lipinski definition) is 1. The van der Waals surface area contributed by atoms with Crippen LogP contribution in [0.2, 0.25) is 0 Å². The predicted molar refractivity (Wildman–Crippen MR) is 57.2 cm³/mol. The van der Waals surface area contributed by atoms with E-state index in [-0.39, 0.29) is 10.8 Å². The lowest BCUT2D eigenvalue weighted by Crippen LogP contribution is -2.30. The van der Waals surface area contributed by atoms with Gasteiger partial charge in [0.25, 0.3) is 0 Å². The zero-order chi connectivity index (χ0) is 11.9. The number of carbonyl (C=O) groups is 1. The summed E-state index contributed by atoms with van der Waals surface area (Å²) >= 11 is 0. The fourth-order valence-corrected chi connectivity index (χ4v) is 2.94. The monoisotopic (exact) mass is 214 g/mol. The Morgan fingerprint density at radius 3 is 1.93 bits per heavy atom. The Bertz CT molecular complexity index is 296. The van der Waals surface area contributed by atoms with Crippen molar-refractivity contribution in [1.29, 1.82) is 0 Å². The second kappa shape index (κ2) is 3.62. The van der Waals surface area contributed by atoms with Gasteiger partial charge in [0.2, 0.25) is 5.83 Å². The highest BCUT2D eigenvalue weighted by Crippen LogP contribution is 2.48. The standard InChI is InChI=1S/C12H19FO2/c1-11(2)5-8(9(13)10(14)15)6-12(3,4)7-11/h5-7H2,1-4H3,(H,14,15). The molecule has 1 aliphatic carbocycles. The summed E-state index contributed by atoms with van der Waals surface area (Å²) in [7, 11) is 0. The van der Waals surface area contributed by atoms with Gasteiger partial charge in [0.1, 0.15) is 0 Å². The Labute approximate surface area is 90.2 Å². The minimum Gasteiger partial charge on any atom is -0.476 e. The molecule has 86 valence electrons. The molecule has 2 nitrogen and oxygen atoms in total. The fourth-order valence-electron chi connectivity index (χ4n) is 2.94. The number of halogens is 1. The third-order valence-electron chi connectivity index (χ3n) is 2.84. The highest BCUT2D eigenvalue weighted by molar-refractivity contribution is 5.85. The first-order chi connectivity index (χ1) is 6.63. The molecule has 0 saturated heterocycles. The van der Waals surface area contributed by atoms with Crippen LogP contribution >= 0.6 is 0 Å². The van der Waals surface area contributed by atoms with E-state index < -0.39 is 11.8 Å². The van der Waals surface area contributed by atoms with Gasteiger partial charge in [0, 0.05) is 0 Å². The predicted octanol–water partition coefficient (Wildman–Crippen LogP) is 3.53. The Hall–Kier alpha value is -0.860. The lowest BCUT2D eigenvalue weighted by Gasteiger charge is -2.42. The van der Waals surface area contributed by atoms with Crippen LogP contribution in [0.4, 0.5) is 4.39 Å². The van der Waals surface area contributed by atoms with Gasteiger partial charge in [0.15, 0.2) is 0 Å². The average molecular weight is 214 g/mol. The summed E-state index contributed by atoms with van der Waals surface area (Å²) in [5.41, 5.74) is 0.442. The van der Waals surface area contributed by atoms with E-state index in [1.165, 1.54) is 0 Å². The minimum absolute atomic E-state index is 0.0100. The maximum absolute atomic E-state index is 13.4. The molecule has 0 atom stereocenters. The SMILES string of the molecule is CC1(C)CC(=C(F)C(=O)O)CC(C)(C)C1. The summed E-state index contributed by atoms with van der Waals surface area (Å²) in [6.07, 6.45) is 2.10. The van der Waals surface area contributed by atoms with E-state index in [0.717, 1.165) is 6.42 Å². The van der Waals surface area contributed by atoms with Crippen molar-refractivity contribution in [3.05, 3.63) is 11.4 Å². The van der Waals surface area contributed by atoms with Crippen LogP contribution in [-0.2, 0) is 4.79 Å². The van der Waals surface area contributed by atoms with Crippen LogP contribution in [0.25, 0.3) is 0 Å². The topological polar surface area (TPSA) is 37.3 Å². The molecule has 1 aliphatic rings. The number of hydrogen-bond donors (Lipinski definition) is 1. The Balaban J connectivity index is 3.04. The molecule has 1 rings (SSSR count). The lowest BCUT2D eigenvalue weighted by molar-refractivity contribution is -0.134. The van der Waals surface area contributed by atoms with Crippen molar-refractivity contribution >= 4 is 5.97 Å². The van der Waals surface area contributed by atoms with Gasteiger partial charge in [-0.25, -0.2) is 4.79 Å². The Morgan fingerprint density at radius 1 is 1.20 bits per heavy atom. The Morgan fingerprint density at radius 2 is 1.60 bits per heavy atom. The molecule has 0 spiro atoms. The molecule has 0 aromatic heterocycles. The van der Waals surface area contributed by atoms with Crippen molar-refractivity contribution < 1.29 is 14.3 Å². The second-order valence-electron chi connectivity index (χ2n) is 6.08. The quantitative estimate of drug-likeness (QED) is 0.678. The molecule has 0 bridgehead atoms. The van der Waals surface area contributed by atoms with Crippen LogP contribution < -0.4 is 0 Å². The fraction of sp³-hybridized carbons (Fsp3) is 0.750. The van der Waals surface area contributed by atoms with E-state index in [1.54, 1.807) is 0 Å². The summed E-state index contributed by atoms with van der Waals surface area (Å²) in [5, 5.41) is 8.64. The van der Waals surface area contributed by atoms with E-state index in [1.807, 2.05) is 0 Å². The third-order valence-corrected chi connectivity index (χ3v) is 2.84. The van der Waals surface area contributed by atoms with Crippen molar-refractivity contribution in [3.63, 3.8) is 0 Å². The third kappa shape index (κ3) is 3.05. The van der Waals surface area contributed by atoms with Gasteiger partial charge >= 0.3 is 5.97 Å². The second-order valence-corrected chi connectivity index (χ2v) is 6.08. The maximum atomic E-state index is 13.4. The zero-order valence-electron chi connectivity index (χ0n) is 9.85. The van der Waals surface area contributed by atoms with Gasteiger partial charge in [-0.2, -0.15) is 4.39 Å². The smallest absolute Gasteiger partial charge is 0.364 e. The highest BCUT2D eigenvalue weighted by Gasteiger charge is 2.37. The molecule has 15 heavy (non-hydrogen) atoms. The van der Waals surface area contributed by atoms with Crippen molar-refractivity contribution in [1.82, 2.24) is 0 Å². The van der Waals surface area contributed by atoms with Gasteiger partial charge in [-0.1, -0.05) is 27.7 Å². The highest BCUT2D eigenvalue weighted by atomic mass is 19.1. The first kappa shape index (κ1) is 12.2. The molecule has 0 radical (unpaired) electrons. The van der Waals surface area contributed by atoms with Crippen molar-refractivity contribution in [3.8, 4) is 0 Å². The van der Waals surface area contributed by atoms with Gasteiger partial charge in [-0.15, -0.1) is 0 Å². The molecule has 1 fully saturated rings. The van der Waals surface area contributed by atoms with Crippen LogP contribution in [0.1, 0.15) is 47.0 Å².